The molecule has 0 aliphatic carbocycles. The van der Waals surface area contributed by atoms with Crippen molar-refractivity contribution in [1.82, 2.24) is 14.3 Å². The molecule has 1 aromatic heterocycles. The van der Waals surface area contributed by atoms with Crippen molar-refractivity contribution in [3.63, 3.8) is 0 Å². The van der Waals surface area contributed by atoms with Crippen LogP contribution in [0.3, 0.4) is 0 Å². The van der Waals surface area contributed by atoms with Crippen molar-refractivity contribution in [3.8, 4) is 0 Å². The average Bonchev–Trinajstić information content (AvgIpc) is 2.49. The second kappa shape index (κ2) is 5.86. The number of hydrogen-bond acceptors (Lipinski definition) is 2. The van der Waals surface area contributed by atoms with Crippen LogP contribution in [0.15, 0.2) is 11.1 Å². The van der Waals surface area contributed by atoms with E-state index in [4.69, 9.17) is 11.6 Å². The molecule has 0 atom stereocenters. The standard InChI is InChI=1S/C9H16ClN3O/c1-12-8-11-13(9(12)14)7-5-3-2-4-6-10/h8H,2-7H2,1H3. The fourth-order valence-electron chi connectivity index (χ4n) is 1.28. The summed E-state index contributed by atoms with van der Waals surface area (Å²) < 4.78 is 2.99. The highest BCUT2D eigenvalue weighted by molar-refractivity contribution is 6.17. The Kier molecular flexibility index (Phi) is 4.73. The Labute approximate surface area is 88.5 Å². The van der Waals surface area contributed by atoms with Crippen LogP contribution in [0.1, 0.15) is 25.7 Å². The number of unbranched alkanes of at least 4 members (excludes halogenated alkanes) is 3. The van der Waals surface area contributed by atoms with Gasteiger partial charge in [0.25, 0.3) is 0 Å². The number of aromatic nitrogens is 3. The van der Waals surface area contributed by atoms with E-state index >= 15 is 0 Å². The van der Waals surface area contributed by atoms with Crippen LogP contribution in [0.2, 0.25) is 0 Å². The van der Waals surface area contributed by atoms with E-state index in [0.29, 0.717) is 6.54 Å². The minimum absolute atomic E-state index is 0.0395. The van der Waals surface area contributed by atoms with Crippen LogP contribution < -0.4 is 5.69 Å². The molecule has 80 valence electrons. The second-order valence-electron chi connectivity index (χ2n) is 3.35. The molecular weight excluding hydrogens is 202 g/mol. The monoisotopic (exact) mass is 217 g/mol. The van der Waals surface area contributed by atoms with E-state index in [1.807, 2.05) is 0 Å². The molecule has 0 saturated heterocycles. The zero-order valence-corrected chi connectivity index (χ0v) is 9.20. The molecule has 14 heavy (non-hydrogen) atoms. The molecule has 0 spiro atoms. The van der Waals surface area contributed by atoms with E-state index in [0.717, 1.165) is 31.6 Å². The summed E-state index contributed by atoms with van der Waals surface area (Å²) in [4.78, 5) is 11.3. The van der Waals surface area contributed by atoms with Gasteiger partial charge in [0.15, 0.2) is 0 Å². The Hall–Kier alpha value is -0.770. The molecule has 0 aromatic carbocycles. The largest absolute Gasteiger partial charge is 0.345 e. The van der Waals surface area contributed by atoms with Gasteiger partial charge in [-0.25, -0.2) is 9.48 Å². The van der Waals surface area contributed by atoms with Crippen LogP contribution in [0, 0.1) is 0 Å². The zero-order valence-electron chi connectivity index (χ0n) is 8.45. The molecule has 1 aromatic rings. The van der Waals surface area contributed by atoms with Gasteiger partial charge in [-0.2, -0.15) is 5.10 Å². The Morgan fingerprint density at radius 1 is 1.36 bits per heavy atom. The lowest BCUT2D eigenvalue weighted by Crippen LogP contribution is -2.22. The third-order valence-corrected chi connectivity index (χ3v) is 2.41. The lowest BCUT2D eigenvalue weighted by atomic mass is 10.2. The van der Waals surface area contributed by atoms with Crippen molar-refractivity contribution in [2.75, 3.05) is 5.88 Å². The van der Waals surface area contributed by atoms with Crippen molar-refractivity contribution in [1.29, 1.82) is 0 Å². The number of halogens is 1. The summed E-state index contributed by atoms with van der Waals surface area (Å²) in [5.74, 6) is 0.726. The van der Waals surface area contributed by atoms with Gasteiger partial charge in [0.1, 0.15) is 6.33 Å². The Balaban J connectivity index is 2.25. The first-order valence-corrected chi connectivity index (χ1v) is 5.43. The summed E-state index contributed by atoms with van der Waals surface area (Å²) in [5, 5.41) is 3.97. The van der Waals surface area contributed by atoms with Crippen molar-refractivity contribution < 1.29 is 0 Å². The molecule has 0 bridgehead atoms. The summed E-state index contributed by atoms with van der Waals surface area (Å²) in [6.07, 6.45) is 5.83. The number of alkyl halides is 1. The van der Waals surface area contributed by atoms with Gasteiger partial charge in [0.2, 0.25) is 0 Å². The SMILES string of the molecule is Cn1cnn(CCCCCCCl)c1=O. The van der Waals surface area contributed by atoms with Crippen LogP contribution in [-0.2, 0) is 13.6 Å². The van der Waals surface area contributed by atoms with Gasteiger partial charge in [-0.3, -0.25) is 4.57 Å². The van der Waals surface area contributed by atoms with Crippen molar-refractivity contribution in [2.45, 2.75) is 32.2 Å². The Morgan fingerprint density at radius 2 is 2.07 bits per heavy atom. The average molecular weight is 218 g/mol. The maximum atomic E-state index is 11.3. The highest BCUT2D eigenvalue weighted by atomic mass is 35.5. The fraction of sp³-hybridized carbons (Fsp3) is 0.778. The molecule has 5 heteroatoms. The number of nitrogens with zero attached hydrogens (tertiary/aromatic N) is 3. The molecule has 0 unspecified atom stereocenters. The van der Waals surface area contributed by atoms with E-state index in [2.05, 4.69) is 5.10 Å². The number of aryl methyl sites for hydroxylation is 2. The lowest BCUT2D eigenvalue weighted by Gasteiger charge is -1.99. The quantitative estimate of drug-likeness (QED) is 0.534. The predicted molar refractivity (Wildman–Crippen MR) is 56.7 cm³/mol. The normalized spacial score (nSPS) is 10.7. The third-order valence-electron chi connectivity index (χ3n) is 2.14. The van der Waals surface area contributed by atoms with Crippen LogP contribution in [0.25, 0.3) is 0 Å². The van der Waals surface area contributed by atoms with Gasteiger partial charge < -0.3 is 0 Å². The first kappa shape index (κ1) is 11.3. The first-order chi connectivity index (χ1) is 6.75. The predicted octanol–water partition coefficient (Wildman–Crippen LogP) is 1.38. The molecule has 1 rings (SSSR count). The van der Waals surface area contributed by atoms with Crippen LogP contribution in [-0.4, -0.2) is 20.2 Å². The van der Waals surface area contributed by atoms with E-state index in [1.165, 1.54) is 9.25 Å². The highest BCUT2D eigenvalue weighted by Crippen LogP contribution is 2.01. The van der Waals surface area contributed by atoms with E-state index in [1.54, 1.807) is 13.4 Å². The van der Waals surface area contributed by atoms with Gasteiger partial charge in [-0.05, 0) is 12.8 Å². The maximum Gasteiger partial charge on any atom is 0.345 e. The summed E-state index contributed by atoms with van der Waals surface area (Å²) in [6.45, 7) is 0.710. The Bertz CT molecular complexity index is 318. The number of hydrogen-bond donors (Lipinski definition) is 0. The topological polar surface area (TPSA) is 39.8 Å². The molecule has 0 amide bonds. The zero-order chi connectivity index (χ0) is 10.4. The minimum Gasteiger partial charge on any atom is -0.285 e. The Morgan fingerprint density at radius 3 is 2.64 bits per heavy atom. The maximum absolute atomic E-state index is 11.3. The molecule has 0 saturated carbocycles. The van der Waals surface area contributed by atoms with Crippen molar-refractivity contribution >= 4 is 11.6 Å². The van der Waals surface area contributed by atoms with Crippen LogP contribution >= 0.6 is 11.6 Å². The molecular formula is C9H16ClN3O. The molecule has 0 N–H and O–H groups in total. The second-order valence-corrected chi connectivity index (χ2v) is 3.73. The summed E-state index contributed by atoms with van der Waals surface area (Å²) in [5.41, 5.74) is -0.0395. The minimum atomic E-state index is -0.0395. The van der Waals surface area contributed by atoms with Gasteiger partial charge >= 0.3 is 5.69 Å². The fourth-order valence-corrected chi connectivity index (χ4v) is 1.47. The lowest BCUT2D eigenvalue weighted by molar-refractivity contribution is 0.524. The summed E-state index contributed by atoms with van der Waals surface area (Å²) in [6, 6.07) is 0. The summed E-state index contributed by atoms with van der Waals surface area (Å²) >= 11 is 5.56. The molecule has 0 fully saturated rings. The molecule has 4 nitrogen and oxygen atoms in total. The van der Waals surface area contributed by atoms with Crippen molar-refractivity contribution in [3.05, 3.63) is 16.8 Å². The van der Waals surface area contributed by atoms with Gasteiger partial charge in [-0.15, -0.1) is 11.6 Å². The summed E-state index contributed by atoms with van der Waals surface area (Å²) in [7, 11) is 1.71. The van der Waals surface area contributed by atoms with E-state index in [-0.39, 0.29) is 5.69 Å². The van der Waals surface area contributed by atoms with Crippen molar-refractivity contribution in [2.24, 2.45) is 7.05 Å². The third kappa shape index (κ3) is 3.18. The smallest absolute Gasteiger partial charge is 0.285 e. The molecule has 0 aliphatic rings. The molecule has 1 heterocycles. The van der Waals surface area contributed by atoms with Crippen LogP contribution in [0.5, 0.6) is 0 Å². The molecule has 0 radical (unpaired) electrons. The number of rotatable bonds is 6. The van der Waals surface area contributed by atoms with Crippen LogP contribution in [0.4, 0.5) is 0 Å². The molecule has 0 aliphatic heterocycles. The van der Waals surface area contributed by atoms with Gasteiger partial charge in [0, 0.05) is 19.5 Å². The van der Waals surface area contributed by atoms with Gasteiger partial charge in [0.05, 0.1) is 0 Å². The van der Waals surface area contributed by atoms with Gasteiger partial charge in [-0.1, -0.05) is 12.8 Å². The van der Waals surface area contributed by atoms with E-state index < -0.39 is 0 Å². The highest BCUT2D eigenvalue weighted by Gasteiger charge is 1.99. The first-order valence-electron chi connectivity index (χ1n) is 4.90. The van der Waals surface area contributed by atoms with E-state index in [9.17, 15) is 4.79 Å².